The van der Waals surface area contributed by atoms with Crippen molar-refractivity contribution in [2.45, 2.75) is 19.3 Å². The minimum atomic E-state index is -0.110. The van der Waals surface area contributed by atoms with Gasteiger partial charge >= 0.3 is 0 Å². The molecule has 0 atom stereocenters. The zero-order valence-corrected chi connectivity index (χ0v) is 15.8. The molecule has 0 aliphatic heterocycles. The van der Waals surface area contributed by atoms with E-state index in [2.05, 4.69) is 68.4 Å². The number of fused-ring (bicyclic) bond motifs is 5. The summed E-state index contributed by atoms with van der Waals surface area (Å²) < 4.78 is 5.44. The van der Waals surface area contributed by atoms with E-state index in [9.17, 15) is 0 Å². The summed E-state index contributed by atoms with van der Waals surface area (Å²) in [6, 6.07) is 23.5. The van der Waals surface area contributed by atoms with Gasteiger partial charge in [0, 0.05) is 17.2 Å². The molecule has 1 heterocycles. The van der Waals surface area contributed by atoms with Crippen molar-refractivity contribution in [3.05, 3.63) is 84.1 Å². The molecule has 0 saturated heterocycles. The second kappa shape index (κ2) is 5.68. The molecular weight excluding hydrogens is 330 g/mol. The van der Waals surface area contributed by atoms with Gasteiger partial charge in [-0.15, -0.1) is 0 Å². The van der Waals surface area contributed by atoms with Crippen molar-refractivity contribution in [1.29, 1.82) is 0 Å². The fourth-order valence-corrected chi connectivity index (χ4v) is 4.51. The van der Waals surface area contributed by atoms with Gasteiger partial charge in [0.1, 0.15) is 5.75 Å². The molecular formula is C25H21NO. The van der Waals surface area contributed by atoms with Crippen LogP contribution in [0.2, 0.25) is 0 Å². The highest BCUT2D eigenvalue weighted by Gasteiger charge is 2.39. The Bertz CT molecular complexity index is 1190. The zero-order valence-electron chi connectivity index (χ0n) is 15.8. The Morgan fingerprint density at radius 3 is 2.59 bits per heavy atom. The molecule has 0 bridgehead atoms. The van der Waals surface area contributed by atoms with Crippen molar-refractivity contribution in [1.82, 2.24) is 4.98 Å². The van der Waals surface area contributed by atoms with E-state index in [4.69, 9.17) is 9.72 Å². The van der Waals surface area contributed by atoms with Crippen molar-refractivity contribution in [2.75, 3.05) is 7.11 Å². The Morgan fingerprint density at radius 1 is 0.889 bits per heavy atom. The monoisotopic (exact) mass is 351 g/mol. The van der Waals surface area contributed by atoms with Gasteiger partial charge in [-0.25, -0.2) is 0 Å². The van der Waals surface area contributed by atoms with Crippen molar-refractivity contribution in [3.8, 4) is 28.1 Å². The van der Waals surface area contributed by atoms with E-state index >= 15 is 0 Å². The molecule has 2 nitrogen and oxygen atoms in total. The molecule has 0 unspecified atom stereocenters. The maximum Gasteiger partial charge on any atom is 0.119 e. The fourth-order valence-electron chi connectivity index (χ4n) is 4.51. The maximum atomic E-state index is 5.44. The molecule has 0 fully saturated rings. The average Bonchev–Trinajstić information content (AvgIpc) is 2.96. The van der Waals surface area contributed by atoms with Crippen LogP contribution in [0.15, 0.2) is 72.9 Å². The lowest BCUT2D eigenvalue weighted by Crippen LogP contribution is -2.16. The first kappa shape index (κ1) is 16.1. The molecule has 27 heavy (non-hydrogen) atoms. The molecule has 1 aliphatic carbocycles. The number of methoxy groups -OCH3 is 1. The average molecular weight is 351 g/mol. The molecule has 1 aromatic heterocycles. The summed E-state index contributed by atoms with van der Waals surface area (Å²) in [7, 11) is 1.70. The van der Waals surface area contributed by atoms with Crippen molar-refractivity contribution >= 4 is 10.8 Å². The maximum absolute atomic E-state index is 5.44. The second-order valence-electron chi connectivity index (χ2n) is 7.65. The summed E-state index contributed by atoms with van der Waals surface area (Å²) in [5.74, 6) is 0.852. The smallest absolute Gasteiger partial charge is 0.119 e. The number of rotatable bonds is 2. The highest BCUT2D eigenvalue weighted by molar-refractivity contribution is 6.03. The highest BCUT2D eigenvalue weighted by atomic mass is 16.5. The van der Waals surface area contributed by atoms with Gasteiger partial charge in [0.15, 0.2) is 0 Å². The molecule has 5 rings (SSSR count). The molecule has 0 radical (unpaired) electrons. The number of hydrogen-bond donors (Lipinski definition) is 0. The topological polar surface area (TPSA) is 22.1 Å². The summed E-state index contributed by atoms with van der Waals surface area (Å²) in [6.07, 6.45) is 1.93. The molecule has 0 saturated carbocycles. The predicted octanol–water partition coefficient (Wildman–Crippen LogP) is 6.22. The van der Waals surface area contributed by atoms with Crippen LogP contribution in [-0.4, -0.2) is 12.1 Å². The van der Waals surface area contributed by atoms with Crippen LogP contribution < -0.4 is 4.74 Å². The van der Waals surface area contributed by atoms with Crippen LogP contribution in [0.25, 0.3) is 33.2 Å². The van der Waals surface area contributed by atoms with E-state index in [1.807, 2.05) is 18.3 Å². The number of benzene rings is 3. The van der Waals surface area contributed by atoms with Crippen LogP contribution in [0.5, 0.6) is 5.75 Å². The molecule has 0 amide bonds. The predicted molar refractivity (Wildman–Crippen MR) is 111 cm³/mol. The van der Waals surface area contributed by atoms with Gasteiger partial charge in [0.05, 0.1) is 12.8 Å². The van der Waals surface area contributed by atoms with Gasteiger partial charge in [0.25, 0.3) is 0 Å². The summed E-state index contributed by atoms with van der Waals surface area (Å²) in [5.41, 5.74) is 7.33. The van der Waals surface area contributed by atoms with E-state index in [0.29, 0.717) is 0 Å². The SMILES string of the molecule is COc1cccc(-c2nccc3c2C(C)(C)c2ccc4ccccc4c2-3)c1. The van der Waals surface area contributed by atoms with Crippen molar-refractivity contribution in [2.24, 2.45) is 0 Å². The first-order chi connectivity index (χ1) is 13.1. The van der Waals surface area contributed by atoms with Gasteiger partial charge in [-0.2, -0.15) is 0 Å². The normalized spacial score (nSPS) is 14.0. The zero-order chi connectivity index (χ0) is 18.6. The number of pyridine rings is 1. The Kier molecular flexibility index (Phi) is 3.38. The fraction of sp³-hybridized carbons (Fsp3) is 0.160. The number of ether oxygens (including phenoxy) is 1. The Morgan fingerprint density at radius 2 is 1.74 bits per heavy atom. The summed E-state index contributed by atoms with van der Waals surface area (Å²) >= 11 is 0. The summed E-state index contributed by atoms with van der Waals surface area (Å²) in [6.45, 7) is 4.61. The molecule has 4 aromatic rings. The quantitative estimate of drug-likeness (QED) is 0.428. The molecule has 1 aliphatic rings. The van der Waals surface area contributed by atoms with Gasteiger partial charge in [-0.05, 0) is 51.2 Å². The first-order valence-corrected chi connectivity index (χ1v) is 9.28. The summed E-state index contributed by atoms with van der Waals surface area (Å²) in [5, 5.41) is 2.59. The molecule has 132 valence electrons. The Hall–Kier alpha value is -3.13. The van der Waals surface area contributed by atoms with Crippen LogP contribution in [0.3, 0.4) is 0 Å². The van der Waals surface area contributed by atoms with Gasteiger partial charge in [-0.1, -0.05) is 62.4 Å². The third kappa shape index (κ3) is 2.23. The lowest BCUT2D eigenvalue weighted by atomic mass is 9.80. The molecule has 0 spiro atoms. The number of aromatic nitrogens is 1. The third-order valence-corrected chi connectivity index (χ3v) is 5.79. The number of hydrogen-bond acceptors (Lipinski definition) is 2. The first-order valence-electron chi connectivity index (χ1n) is 9.28. The number of nitrogens with zero attached hydrogens (tertiary/aromatic N) is 1. The minimum Gasteiger partial charge on any atom is -0.497 e. The Labute approximate surface area is 159 Å². The van der Waals surface area contributed by atoms with E-state index < -0.39 is 0 Å². The van der Waals surface area contributed by atoms with Gasteiger partial charge in [0.2, 0.25) is 0 Å². The lowest BCUT2D eigenvalue weighted by Gasteiger charge is -2.24. The summed E-state index contributed by atoms with van der Waals surface area (Å²) in [4.78, 5) is 4.80. The minimum absolute atomic E-state index is 0.110. The lowest BCUT2D eigenvalue weighted by molar-refractivity contribution is 0.415. The third-order valence-electron chi connectivity index (χ3n) is 5.79. The highest BCUT2D eigenvalue weighted by Crippen LogP contribution is 2.53. The molecule has 3 aromatic carbocycles. The van der Waals surface area contributed by atoms with Crippen LogP contribution in [0.1, 0.15) is 25.0 Å². The van der Waals surface area contributed by atoms with E-state index in [1.54, 1.807) is 7.11 Å². The largest absolute Gasteiger partial charge is 0.497 e. The van der Waals surface area contributed by atoms with E-state index in [0.717, 1.165) is 17.0 Å². The van der Waals surface area contributed by atoms with Gasteiger partial charge < -0.3 is 4.74 Å². The van der Waals surface area contributed by atoms with Crippen LogP contribution >= 0.6 is 0 Å². The van der Waals surface area contributed by atoms with Crippen LogP contribution in [0.4, 0.5) is 0 Å². The second-order valence-corrected chi connectivity index (χ2v) is 7.65. The van der Waals surface area contributed by atoms with Crippen LogP contribution in [0, 0.1) is 0 Å². The van der Waals surface area contributed by atoms with E-state index in [-0.39, 0.29) is 5.41 Å². The molecule has 2 heteroatoms. The molecule has 0 N–H and O–H groups in total. The van der Waals surface area contributed by atoms with E-state index in [1.165, 1.54) is 33.0 Å². The standard InChI is InChI=1S/C25H21NO/c1-25(2)21-12-11-16-7-4-5-10-19(16)22(21)20-13-14-26-24(23(20)25)17-8-6-9-18(15-17)27-3/h4-15H,1-3H3. The van der Waals surface area contributed by atoms with Crippen LogP contribution in [-0.2, 0) is 5.41 Å². The Balaban J connectivity index is 1.85. The van der Waals surface area contributed by atoms with Gasteiger partial charge in [-0.3, -0.25) is 4.98 Å². The van der Waals surface area contributed by atoms with Crippen molar-refractivity contribution < 1.29 is 4.74 Å². The van der Waals surface area contributed by atoms with Crippen molar-refractivity contribution in [3.63, 3.8) is 0 Å².